The molecule has 110 valence electrons. The Bertz CT molecular complexity index is 441. The van der Waals surface area contributed by atoms with Gasteiger partial charge in [-0.25, -0.2) is 0 Å². The number of benzene rings is 1. The van der Waals surface area contributed by atoms with E-state index in [1.54, 1.807) is 0 Å². The molecule has 20 heavy (non-hydrogen) atoms. The van der Waals surface area contributed by atoms with Crippen LogP contribution in [0.4, 0.5) is 0 Å². The van der Waals surface area contributed by atoms with E-state index in [1.807, 2.05) is 44.2 Å². The van der Waals surface area contributed by atoms with E-state index in [0.29, 0.717) is 19.5 Å². The number of hydrogen-bond acceptors (Lipinski definition) is 2. The molecule has 1 rings (SSSR count). The molecule has 1 aromatic carbocycles. The van der Waals surface area contributed by atoms with Crippen LogP contribution < -0.4 is 10.6 Å². The summed E-state index contributed by atoms with van der Waals surface area (Å²) in [5.41, 5.74) is 0.723. The summed E-state index contributed by atoms with van der Waals surface area (Å²) >= 11 is 0. The van der Waals surface area contributed by atoms with E-state index >= 15 is 0 Å². The zero-order chi connectivity index (χ0) is 15.0. The molecule has 1 aromatic rings. The fourth-order valence-corrected chi connectivity index (χ4v) is 1.98. The lowest BCUT2D eigenvalue weighted by atomic mass is 9.85. The van der Waals surface area contributed by atoms with Crippen LogP contribution in [0.5, 0.6) is 0 Å². The zero-order valence-electron chi connectivity index (χ0n) is 12.5. The number of carbonyl (C=O) groups excluding carboxylic acids is 2. The van der Waals surface area contributed by atoms with E-state index in [0.717, 1.165) is 12.0 Å². The number of rotatable bonds is 7. The Morgan fingerprint density at radius 3 is 2.25 bits per heavy atom. The molecule has 2 N–H and O–H groups in total. The van der Waals surface area contributed by atoms with Crippen LogP contribution in [0.15, 0.2) is 30.3 Å². The Labute approximate surface area is 121 Å². The van der Waals surface area contributed by atoms with Crippen molar-refractivity contribution in [2.75, 3.05) is 13.1 Å². The van der Waals surface area contributed by atoms with Gasteiger partial charge in [-0.3, -0.25) is 9.59 Å². The van der Waals surface area contributed by atoms with Crippen molar-refractivity contribution in [1.29, 1.82) is 0 Å². The molecule has 0 bridgehead atoms. The minimum absolute atomic E-state index is 0.0410. The number of carbonyl (C=O) groups is 2. The summed E-state index contributed by atoms with van der Waals surface area (Å²) in [6.45, 7) is 6.56. The highest BCUT2D eigenvalue weighted by atomic mass is 16.2. The van der Waals surface area contributed by atoms with Gasteiger partial charge in [-0.15, -0.1) is 0 Å². The average molecular weight is 276 g/mol. The minimum atomic E-state index is -0.435. The molecule has 0 radical (unpaired) electrons. The van der Waals surface area contributed by atoms with Gasteiger partial charge in [-0.2, -0.15) is 0 Å². The quantitative estimate of drug-likeness (QED) is 0.747. The van der Waals surface area contributed by atoms with Crippen molar-refractivity contribution < 1.29 is 9.59 Å². The monoisotopic (exact) mass is 276 g/mol. The second-order valence-corrected chi connectivity index (χ2v) is 5.64. The summed E-state index contributed by atoms with van der Waals surface area (Å²) in [6, 6.07) is 10.0. The summed E-state index contributed by atoms with van der Waals surface area (Å²) in [4.78, 5) is 22.9. The Morgan fingerprint density at radius 2 is 1.65 bits per heavy atom. The highest BCUT2D eigenvalue weighted by Gasteiger charge is 2.27. The van der Waals surface area contributed by atoms with Crippen LogP contribution in [0.1, 0.15) is 32.8 Å². The van der Waals surface area contributed by atoms with Gasteiger partial charge in [0, 0.05) is 25.4 Å². The summed E-state index contributed by atoms with van der Waals surface area (Å²) in [6.07, 6.45) is 1.46. The van der Waals surface area contributed by atoms with Crippen LogP contribution in [-0.4, -0.2) is 24.9 Å². The minimum Gasteiger partial charge on any atom is -0.356 e. The predicted octanol–water partition coefficient (Wildman–Crippen LogP) is 1.90. The standard InChI is InChI=1S/C16H24N2O2/c1-13(19)17-10-7-11-18-15(20)16(2,3)12-14-8-5-4-6-9-14/h4-6,8-9H,7,10-12H2,1-3H3,(H,17,19)(H,18,20). The van der Waals surface area contributed by atoms with E-state index in [1.165, 1.54) is 6.92 Å². The Balaban J connectivity index is 2.35. The van der Waals surface area contributed by atoms with Gasteiger partial charge in [0.2, 0.25) is 11.8 Å². The largest absolute Gasteiger partial charge is 0.356 e. The topological polar surface area (TPSA) is 58.2 Å². The van der Waals surface area contributed by atoms with Gasteiger partial charge in [0.1, 0.15) is 0 Å². The molecule has 0 unspecified atom stereocenters. The van der Waals surface area contributed by atoms with E-state index < -0.39 is 5.41 Å². The third-order valence-corrected chi connectivity index (χ3v) is 3.12. The lowest BCUT2D eigenvalue weighted by Crippen LogP contribution is -2.39. The van der Waals surface area contributed by atoms with Crippen LogP contribution in [0.2, 0.25) is 0 Å². The van der Waals surface area contributed by atoms with Crippen LogP contribution in [-0.2, 0) is 16.0 Å². The maximum Gasteiger partial charge on any atom is 0.225 e. The van der Waals surface area contributed by atoms with Crippen molar-refractivity contribution in [3.63, 3.8) is 0 Å². The molecule has 0 aliphatic heterocycles. The molecule has 4 nitrogen and oxygen atoms in total. The summed E-state index contributed by atoms with van der Waals surface area (Å²) in [7, 11) is 0. The van der Waals surface area contributed by atoms with Crippen molar-refractivity contribution in [3.05, 3.63) is 35.9 Å². The van der Waals surface area contributed by atoms with Gasteiger partial charge in [-0.1, -0.05) is 44.2 Å². The van der Waals surface area contributed by atoms with Crippen molar-refractivity contribution in [1.82, 2.24) is 10.6 Å². The third kappa shape index (κ3) is 5.87. The Hall–Kier alpha value is -1.84. The number of hydrogen-bond donors (Lipinski definition) is 2. The highest BCUT2D eigenvalue weighted by Crippen LogP contribution is 2.21. The van der Waals surface area contributed by atoms with Gasteiger partial charge in [-0.05, 0) is 18.4 Å². The first-order valence-electron chi connectivity index (χ1n) is 6.98. The summed E-state index contributed by atoms with van der Waals surface area (Å²) < 4.78 is 0. The summed E-state index contributed by atoms with van der Waals surface area (Å²) in [5.74, 6) is 0.00455. The molecule has 2 amide bonds. The SMILES string of the molecule is CC(=O)NCCCNC(=O)C(C)(C)Cc1ccccc1. The van der Waals surface area contributed by atoms with Crippen LogP contribution in [0, 0.1) is 5.41 Å². The van der Waals surface area contributed by atoms with Crippen molar-refractivity contribution in [3.8, 4) is 0 Å². The summed E-state index contributed by atoms with van der Waals surface area (Å²) in [5, 5.41) is 5.63. The normalized spacial score (nSPS) is 10.9. The van der Waals surface area contributed by atoms with Gasteiger partial charge >= 0.3 is 0 Å². The molecular formula is C16H24N2O2. The maximum atomic E-state index is 12.2. The average Bonchev–Trinajstić information content (AvgIpc) is 2.38. The van der Waals surface area contributed by atoms with E-state index in [-0.39, 0.29) is 11.8 Å². The maximum absolute atomic E-state index is 12.2. The Kier molecular flexibility index (Phi) is 6.22. The molecule has 0 heterocycles. The molecule has 0 atom stereocenters. The Morgan fingerprint density at radius 1 is 1.05 bits per heavy atom. The lowest BCUT2D eigenvalue weighted by Gasteiger charge is -2.23. The molecule has 0 saturated heterocycles. The van der Waals surface area contributed by atoms with Crippen LogP contribution >= 0.6 is 0 Å². The first kappa shape index (κ1) is 16.2. The molecule has 4 heteroatoms. The molecule has 0 aliphatic rings. The smallest absolute Gasteiger partial charge is 0.225 e. The lowest BCUT2D eigenvalue weighted by molar-refractivity contribution is -0.129. The first-order chi connectivity index (χ1) is 9.42. The van der Waals surface area contributed by atoms with Gasteiger partial charge in [0.25, 0.3) is 0 Å². The first-order valence-corrected chi connectivity index (χ1v) is 6.98. The molecule has 0 saturated carbocycles. The van der Waals surface area contributed by atoms with Gasteiger partial charge in [0.05, 0.1) is 0 Å². The third-order valence-electron chi connectivity index (χ3n) is 3.12. The number of amides is 2. The molecule has 0 spiro atoms. The van der Waals surface area contributed by atoms with E-state index in [2.05, 4.69) is 10.6 Å². The van der Waals surface area contributed by atoms with Crippen LogP contribution in [0.25, 0.3) is 0 Å². The van der Waals surface area contributed by atoms with E-state index in [4.69, 9.17) is 0 Å². The van der Waals surface area contributed by atoms with Crippen LogP contribution in [0.3, 0.4) is 0 Å². The van der Waals surface area contributed by atoms with Gasteiger partial charge in [0.15, 0.2) is 0 Å². The van der Waals surface area contributed by atoms with Gasteiger partial charge < -0.3 is 10.6 Å². The second-order valence-electron chi connectivity index (χ2n) is 5.64. The molecule has 0 aromatic heterocycles. The van der Waals surface area contributed by atoms with Crippen molar-refractivity contribution in [2.24, 2.45) is 5.41 Å². The fraction of sp³-hybridized carbons (Fsp3) is 0.500. The molecular weight excluding hydrogens is 252 g/mol. The number of nitrogens with one attached hydrogen (secondary N) is 2. The van der Waals surface area contributed by atoms with Crippen molar-refractivity contribution in [2.45, 2.75) is 33.6 Å². The fourth-order valence-electron chi connectivity index (χ4n) is 1.98. The van der Waals surface area contributed by atoms with E-state index in [9.17, 15) is 9.59 Å². The highest BCUT2D eigenvalue weighted by molar-refractivity contribution is 5.82. The van der Waals surface area contributed by atoms with Crippen molar-refractivity contribution >= 4 is 11.8 Å². The predicted molar refractivity (Wildman–Crippen MR) is 80.2 cm³/mol. The molecule has 0 aliphatic carbocycles. The zero-order valence-corrected chi connectivity index (χ0v) is 12.5. The second kappa shape index (κ2) is 7.68. The molecule has 0 fully saturated rings.